The zero-order valence-corrected chi connectivity index (χ0v) is 16.2. The first-order valence-corrected chi connectivity index (χ1v) is 9.49. The summed E-state index contributed by atoms with van der Waals surface area (Å²) >= 11 is 0. The molecule has 1 aromatic heterocycles. The summed E-state index contributed by atoms with van der Waals surface area (Å²) in [5.74, 6) is -0.411. The van der Waals surface area contributed by atoms with Crippen LogP contribution in [-0.2, 0) is 24.4 Å². The van der Waals surface area contributed by atoms with Crippen LogP contribution in [0.2, 0.25) is 0 Å². The second-order valence-electron chi connectivity index (χ2n) is 6.90. The summed E-state index contributed by atoms with van der Waals surface area (Å²) in [6.07, 6.45) is 2.90. The molecule has 0 aliphatic carbocycles. The third-order valence-corrected chi connectivity index (χ3v) is 4.75. The summed E-state index contributed by atoms with van der Waals surface area (Å²) in [6.45, 7) is 3.40. The minimum atomic E-state index is -0.231. The van der Waals surface area contributed by atoms with Crippen LogP contribution < -0.4 is 0 Å². The molecule has 0 saturated carbocycles. The molecule has 2 aromatic carbocycles. The van der Waals surface area contributed by atoms with Crippen molar-refractivity contribution >= 4 is 0 Å². The van der Waals surface area contributed by atoms with Crippen LogP contribution in [0.25, 0.3) is 0 Å². The molecule has 0 amide bonds. The van der Waals surface area contributed by atoms with E-state index < -0.39 is 0 Å². The number of benzene rings is 2. The fourth-order valence-electron chi connectivity index (χ4n) is 3.28. The Kier molecular flexibility index (Phi) is 7.34. The van der Waals surface area contributed by atoms with Gasteiger partial charge in [0.05, 0.1) is 0 Å². The van der Waals surface area contributed by atoms with Crippen molar-refractivity contribution in [1.29, 1.82) is 0 Å². The standard InChI is InChI=1S/C23H26F2N2O/c1-28-15-5-13-26(17-20-6-2-3-8-23(20)25)18-22-7-4-14-27(22)16-19-9-11-21(24)12-10-19/h2-4,6-12,14H,5,13,15-18H2,1H3. The Morgan fingerprint density at radius 2 is 1.71 bits per heavy atom. The van der Waals surface area contributed by atoms with E-state index in [0.29, 0.717) is 31.8 Å². The highest BCUT2D eigenvalue weighted by Gasteiger charge is 2.12. The lowest BCUT2D eigenvalue weighted by Crippen LogP contribution is -2.26. The van der Waals surface area contributed by atoms with Crippen LogP contribution in [0.15, 0.2) is 66.9 Å². The van der Waals surface area contributed by atoms with Crippen LogP contribution in [0.1, 0.15) is 23.2 Å². The first-order chi connectivity index (χ1) is 13.7. The Morgan fingerprint density at radius 3 is 2.46 bits per heavy atom. The monoisotopic (exact) mass is 384 g/mol. The molecule has 0 bridgehead atoms. The minimum Gasteiger partial charge on any atom is -0.385 e. The van der Waals surface area contributed by atoms with Gasteiger partial charge in [0.1, 0.15) is 11.6 Å². The topological polar surface area (TPSA) is 17.4 Å². The SMILES string of the molecule is COCCCN(Cc1ccccc1F)Cc1cccn1Cc1ccc(F)cc1. The highest BCUT2D eigenvalue weighted by molar-refractivity contribution is 5.20. The zero-order chi connectivity index (χ0) is 19.8. The van der Waals surface area contributed by atoms with E-state index in [4.69, 9.17) is 4.74 Å². The first kappa shape index (κ1) is 20.2. The molecule has 0 fully saturated rings. The number of nitrogens with zero attached hydrogens (tertiary/aromatic N) is 2. The van der Waals surface area contributed by atoms with Gasteiger partial charge in [0.25, 0.3) is 0 Å². The number of hydrogen-bond donors (Lipinski definition) is 0. The highest BCUT2D eigenvalue weighted by Crippen LogP contribution is 2.15. The molecule has 28 heavy (non-hydrogen) atoms. The molecule has 3 aromatic rings. The van der Waals surface area contributed by atoms with Crippen molar-refractivity contribution in [3.05, 3.63) is 95.3 Å². The van der Waals surface area contributed by atoms with E-state index in [0.717, 1.165) is 24.2 Å². The molecule has 1 heterocycles. The van der Waals surface area contributed by atoms with Crippen LogP contribution in [-0.4, -0.2) is 29.7 Å². The lowest BCUT2D eigenvalue weighted by molar-refractivity contribution is 0.165. The number of rotatable bonds is 10. The number of halogens is 2. The first-order valence-electron chi connectivity index (χ1n) is 9.49. The second-order valence-corrected chi connectivity index (χ2v) is 6.90. The fourth-order valence-corrected chi connectivity index (χ4v) is 3.28. The quantitative estimate of drug-likeness (QED) is 0.465. The van der Waals surface area contributed by atoms with Gasteiger partial charge in [-0.25, -0.2) is 8.78 Å². The molecule has 0 unspecified atom stereocenters. The maximum absolute atomic E-state index is 14.1. The number of methoxy groups -OCH3 is 1. The molecule has 0 spiro atoms. The summed E-state index contributed by atoms with van der Waals surface area (Å²) < 4.78 is 34.6. The summed E-state index contributed by atoms with van der Waals surface area (Å²) in [5.41, 5.74) is 2.87. The Labute approximate surface area is 165 Å². The van der Waals surface area contributed by atoms with Gasteiger partial charge in [-0.3, -0.25) is 4.90 Å². The average molecular weight is 384 g/mol. The van der Waals surface area contributed by atoms with Gasteiger partial charge in [0.15, 0.2) is 0 Å². The lowest BCUT2D eigenvalue weighted by Gasteiger charge is -2.23. The molecular formula is C23H26F2N2O. The molecule has 148 valence electrons. The number of aromatic nitrogens is 1. The van der Waals surface area contributed by atoms with Crippen LogP contribution >= 0.6 is 0 Å². The van der Waals surface area contributed by atoms with Crippen LogP contribution in [0.5, 0.6) is 0 Å². The van der Waals surface area contributed by atoms with Gasteiger partial charge in [0, 0.05) is 57.3 Å². The van der Waals surface area contributed by atoms with Crippen molar-refractivity contribution in [2.24, 2.45) is 0 Å². The van der Waals surface area contributed by atoms with Gasteiger partial charge < -0.3 is 9.30 Å². The predicted molar refractivity (Wildman–Crippen MR) is 107 cm³/mol. The van der Waals surface area contributed by atoms with Crippen molar-refractivity contribution in [2.75, 3.05) is 20.3 Å². The maximum Gasteiger partial charge on any atom is 0.127 e. The second kappa shape index (κ2) is 10.2. The van der Waals surface area contributed by atoms with E-state index >= 15 is 0 Å². The maximum atomic E-state index is 14.1. The van der Waals surface area contributed by atoms with Crippen LogP contribution in [0, 0.1) is 11.6 Å². The van der Waals surface area contributed by atoms with Gasteiger partial charge in [-0.2, -0.15) is 0 Å². The molecule has 0 atom stereocenters. The van der Waals surface area contributed by atoms with Crippen molar-refractivity contribution in [2.45, 2.75) is 26.1 Å². The normalized spacial score (nSPS) is 11.3. The molecular weight excluding hydrogens is 358 g/mol. The summed E-state index contributed by atoms with van der Waals surface area (Å²) in [5, 5.41) is 0. The van der Waals surface area contributed by atoms with Gasteiger partial charge in [-0.05, 0) is 42.3 Å². The molecule has 0 aliphatic heterocycles. The molecule has 5 heteroatoms. The smallest absolute Gasteiger partial charge is 0.127 e. The summed E-state index contributed by atoms with van der Waals surface area (Å²) in [6, 6.07) is 17.6. The van der Waals surface area contributed by atoms with Crippen molar-refractivity contribution in [3.63, 3.8) is 0 Å². The number of ether oxygens (including phenoxy) is 1. The third-order valence-electron chi connectivity index (χ3n) is 4.75. The summed E-state index contributed by atoms with van der Waals surface area (Å²) in [4.78, 5) is 2.23. The molecule has 0 radical (unpaired) electrons. The fraction of sp³-hybridized carbons (Fsp3) is 0.304. The van der Waals surface area contributed by atoms with E-state index in [-0.39, 0.29) is 11.6 Å². The van der Waals surface area contributed by atoms with Gasteiger partial charge in [-0.1, -0.05) is 30.3 Å². The van der Waals surface area contributed by atoms with Gasteiger partial charge in [0.2, 0.25) is 0 Å². The largest absolute Gasteiger partial charge is 0.385 e. The summed E-state index contributed by atoms with van der Waals surface area (Å²) in [7, 11) is 1.69. The average Bonchev–Trinajstić information content (AvgIpc) is 3.12. The molecule has 3 nitrogen and oxygen atoms in total. The Balaban J connectivity index is 1.72. The predicted octanol–water partition coefficient (Wildman–Crippen LogP) is 4.85. The van der Waals surface area contributed by atoms with E-state index in [2.05, 4.69) is 15.5 Å². The zero-order valence-electron chi connectivity index (χ0n) is 16.2. The molecule has 0 aliphatic rings. The van der Waals surface area contributed by atoms with E-state index in [1.807, 2.05) is 24.4 Å². The van der Waals surface area contributed by atoms with Crippen molar-refractivity contribution in [3.8, 4) is 0 Å². The van der Waals surface area contributed by atoms with Crippen LogP contribution in [0.4, 0.5) is 8.78 Å². The minimum absolute atomic E-state index is 0.180. The van der Waals surface area contributed by atoms with Crippen molar-refractivity contribution < 1.29 is 13.5 Å². The van der Waals surface area contributed by atoms with E-state index in [1.165, 1.54) is 18.2 Å². The Hall–Kier alpha value is -2.50. The highest BCUT2D eigenvalue weighted by atomic mass is 19.1. The number of hydrogen-bond acceptors (Lipinski definition) is 2. The van der Waals surface area contributed by atoms with Gasteiger partial charge >= 0.3 is 0 Å². The van der Waals surface area contributed by atoms with Crippen LogP contribution in [0.3, 0.4) is 0 Å². The Morgan fingerprint density at radius 1 is 0.929 bits per heavy atom. The van der Waals surface area contributed by atoms with E-state index in [9.17, 15) is 8.78 Å². The molecule has 3 rings (SSSR count). The molecule has 0 N–H and O–H groups in total. The third kappa shape index (κ3) is 5.75. The van der Waals surface area contributed by atoms with Crippen molar-refractivity contribution in [1.82, 2.24) is 9.47 Å². The van der Waals surface area contributed by atoms with Gasteiger partial charge in [-0.15, -0.1) is 0 Å². The van der Waals surface area contributed by atoms with E-state index in [1.54, 1.807) is 25.3 Å². The molecule has 0 saturated heterocycles. The Bertz CT molecular complexity index is 861. The lowest BCUT2D eigenvalue weighted by atomic mass is 10.2.